The fraction of sp³-hybridized carbons (Fsp3) is 0.462. The van der Waals surface area contributed by atoms with Gasteiger partial charge in [0, 0.05) is 0 Å². The third kappa shape index (κ3) is 3.49. The van der Waals surface area contributed by atoms with Crippen LogP contribution in [-0.2, 0) is 14.8 Å². The van der Waals surface area contributed by atoms with Gasteiger partial charge in [0.15, 0.2) is 5.54 Å². The molecule has 6 nitrogen and oxygen atoms in total. The van der Waals surface area contributed by atoms with Gasteiger partial charge in [-0.3, -0.25) is 4.79 Å². The molecule has 0 spiro atoms. The summed E-state index contributed by atoms with van der Waals surface area (Å²) in [6.07, 6.45) is 1.15. The highest BCUT2D eigenvalue weighted by atomic mass is 32.2. The molecule has 0 saturated heterocycles. The monoisotopic (exact) mass is 299 g/mol. The molecule has 1 aliphatic carbocycles. The maximum Gasteiger partial charge on any atom is 0.328 e. The molecule has 2 N–H and O–H groups in total. The molecule has 1 aromatic carbocycles. The van der Waals surface area contributed by atoms with Crippen LogP contribution in [0.5, 0.6) is 5.75 Å². The number of nitrogens with one attached hydrogen (secondary N) is 1. The first kappa shape index (κ1) is 14.8. The number of rotatable bonds is 7. The Morgan fingerprint density at radius 3 is 2.50 bits per heavy atom. The first-order chi connectivity index (χ1) is 9.33. The third-order valence-corrected chi connectivity index (χ3v) is 5.16. The number of hydrogen-bond acceptors (Lipinski definition) is 4. The molecule has 7 heteroatoms. The number of ether oxygens (including phenoxy) is 1. The van der Waals surface area contributed by atoms with Crippen LogP contribution in [0.1, 0.15) is 19.8 Å². The Hall–Kier alpha value is -1.60. The lowest BCUT2D eigenvalue weighted by Gasteiger charge is -2.26. The summed E-state index contributed by atoms with van der Waals surface area (Å²) in [5.74, 6) is -0.775. The lowest BCUT2D eigenvalue weighted by Crippen LogP contribution is -2.56. The van der Waals surface area contributed by atoms with E-state index in [0.717, 1.165) is 0 Å². The Kier molecular flexibility index (Phi) is 4.01. The second-order valence-electron chi connectivity index (χ2n) is 5.09. The van der Waals surface area contributed by atoms with Crippen molar-refractivity contribution in [2.45, 2.75) is 30.6 Å². The Labute approximate surface area is 117 Å². The zero-order chi connectivity index (χ0) is 14.8. The molecule has 1 fully saturated rings. The van der Waals surface area contributed by atoms with Crippen molar-refractivity contribution in [3.05, 3.63) is 30.3 Å². The van der Waals surface area contributed by atoms with E-state index in [0.29, 0.717) is 18.6 Å². The fourth-order valence-electron chi connectivity index (χ4n) is 1.65. The van der Waals surface area contributed by atoms with E-state index in [1.165, 1.54) is 6.92 Å². The summed E-state index contributed by atoms with van der Waals surface area (Å²) in [7, 11) is -3.60. The Morgan fingerprint density at radius 1 is 1.40 bits per heavy atom. The zero-order valence-electron chi connectivity index (χ0n) is 11.1. The molecule has 1 atom stereocenters. The van der Waals surface area contributed by atoms with Crippen LogP contribution in [0.25, 0.3) is 0 Å². The Balaban J connectivity index is 2.07. The molecule has 0 heterocycles. The van der Waals surface area contributed by atoms with Crippen molar-refractivity contribution in [1.29, 1.82) is 0 Å². The first-order valence-corrected chi connectivity index (χ1v) is 7.82. The molecular formula is C13H17NO5S. The van der Waals surface area contributed by atoms with Crippen LogP contribution in [0.3, 0.4) is 0 Å². The van der Waals surface area contributed by atoms with Crippen LogP contribution < -0.4 is 9.46 Å². The Morgan fingerprint density at radius 2 is 2.00 bits per heavy atom. The highest BCUT2D eigenvalue weighted by Gasteiger charge is 2.44. The number of para-hydroxylation sites is 1. The zero-order valence-corrected chi connectivity index (χ0v) is 11.9. The molecule has 0 aromatic heterocycles. The van der Waals surface area contributed by atoms with Crippen LogP contribution in [0.2, 0.25) is 0 Å². The van der Waals surface area contributed by atoms with Crippen molar-refractivity contribution >= 4 is 16.0 Å². The molecule has 0 bridgehead atoms. The summed E-state index contributed by atoms with van der Waals surface area (Å²) in [4.78, 5) is 11.4. The molecular weight excluding hydrogens is 282 g/mol. The maximum atomic E-state index is 11.9. The predicted molar refractivity (Wildman–Crippen MR) is 73.1 cm³/mol. The van der Waals surface area contributed by atoms with Crippen molar-refractivity contribution < 1.29 is 23.1 Å². The third-order valence-electron chi connectivity index (χ3n) is 3.07. The van der Waals surface area contributed by atoms with Crippen molar-refractivity contribution in [2.75, 3.05) is 6.61 Å². The van der Waals surface area contributed by atoms with Gasteiger partial charge in [-0.25, -0.2) is 8.42 Å². The van der Waals surface area contributed by atoms with E-state index in [1.807, 2.05) is 0 Å². The van der Waals surface area contributed by atoms with Gasteiger partial charge in [0.05, 0.1) is 5.25 Å². The van der Waals surface area contributed by atoms with E-state index in [9.17, 15) is 18.3 Å². The number of carbonyl (C=O) groups is 1. The number of carboxylic acid groups (broad SMARTS) is 1. The summed E-state index contributed by atoms with van der Waals surface area (Å²) >= 11 is 0. The quantitative estimate of drug-likeness (QED) is 0.783. The van der Waals surface area contributed by atoms with E-state index >= 15 is 0 Å². The highest BCUT2D eigenvalue weighted by Crippen LogP contribution is 2.28. The van der Waals surface area contributed by atoms with Crippen molar-refractivity contribution in [3.63, 3.8) is 0 Å². The predicted octanol–water partition coefficient (Wildman–Crippen LogP) is 0.990. The van der Waals surface area contributed by atoms with Gasteiger partial charge in [-0.15, -0.1) is 0 Å². The molecule has 0 amide bonds. The normalized spacial score (nSPS) is 18.2. The Bertz CT molecular complexity index is 582. The topological polar surface area (TPSA) is 92.7 Å². The molecule has 1 aromatic rings. The minimum absolute atomic E-state index is 0.279. The largest absolute Gasteiger partial charge is 0.491 e. The van der Waals surface area contributed by atoms with Crippen molar-refractivity contribution in [3.8, 4) is 5.75 Å². The van der Waals surface area contributed by atoms with Gasteiger partial charge in [-0.05, 0) is 31.9 Å². The van der Waals surface area contributed by atoms with Crippen LogP contribution >= 0.6 is 0 Å². The number of benzene rings is 1. The molecule has 0 radical (unpaired) electrons. The van der Waals surface area contributed by atoms with E-state index in [2.05, 4.69) is 4.72 Å². The lowest BCUT2D eigenvalue weighted by molar-refractivity contribution is -0.144. The summed E-state index contributed by atoms with van der Waals surface area (Å²) < 4.78 is 31.4. The number of sulfonamides is 1. The highest BCUT2D eigenvalue weighted by molar-refractivity contribution is 7.90. The van der Waals surface area contributed by atoms with Crippen molar-refractivity contribution in [1.82, 2.24) is 4.72 Å². The van der Waals surface area contributed by atoms with E-state index in [-0.39, 0.29) is 6.61 Å². The van der Waals surface area contributed by atoms with Gasteiger partial charge in [0.1, 0.15) is 12.4 Å². The van der Waals surface area contributed by atoms with Crippen LogP contribution in [0, 0.1) is 0 Å². The van der Waals surface area contributed by atoms with Gasteiger partial charge < -0.3 is 9.84 Å². The summed E-state index contributed by atoms with van der Waals surface area (Å²) in [6.45, 7) is 1.02. The minimum Gasteiger partial charge on any atom is -0.491 e. The average molecular weight is 299 g/mol. The van der Waals surface area contributed by atoms with Crippen LogP contribution in [-0.4, -0.2) is 36.9 Å². The lowest BCUT2D eigenvalue weighted by atomic mass is 10.1. The second-order valence-corrected chi connectivity index (χ2v) is 7.05. The van der Waals surface area contributed by atoms with E-state index < -0.39 is 26.8 Å². The number of aliphatic carboxylic acids is 1. The van der Waals surface area contributed by atoms with Crippen LogP contribution in [0.4, 0.5) is 0 Å². The summed E-state index contributed by atoms with van der Waals surface area (Å²) in [6, 6.07) is 8.66. The maximum absolute atomic E-state index is 11.9. The molecule has 0 aliphatic heterocycles. The molecule has 110 valence electrons. The second kappa shape index (κ2) is 5.41. The van der Waals surface area contributed by atoms with Gasteiger partial charge in [0.25, 0.3) is 0 Å². The smallest absolute Gasteiger partial charge is 0.328 e. The minimum atomic E-state index is -3.60. The van der Waals surface area contributed by atoms with Gasteiger partial charge in [0.2, 0.25) is 10.0 Å². The average Bonchev–Trinajstić information content (AvgIpc) is 3.21. The standard InChI is InChI=1S/C13H17NO5S/c1-13(12(15)16,14-20(17,18)11-7-8-11)9-19-10-5-3-2-4-6-10/h2-6,11,14H,7-9H2,1H3,(H,15,16). The molecule has 1 saturated carbocycles. The molecule has 20 heavy (non-hydrogen) atoms. The van der Waals surface area contributed by atoms with Gasteiger partial charge >= 0.3 is 5.97 Å². The SMILES string of the molecule is CC(COc1ccccc1)(NS(=O)(=O)C1CC1)C(=O)O. The van der Waals surface area contributed by atoms with Crippen LogP contribution in [0.15, 0.2) is 30.3 Å². The molecule has 1 unspecified atom stereocenters. The number of hydrogen-bond donors (Lipinski definition) is 2. The number of carboxylic acids is 1. The molecule has 1 aliphatic rings. The van der Waals surface area contributed by atoms with Gasteiger partial charge in [-0.2, -0.15) is 4.72 Å². The summed E-state index contributed by atoms with van der Waals surface area (Å²) in [5.41, 5.74) is -1.68. The summed E-state index contributed by atoms with van der Waals surface area (Å²) in [5, 5.41) is 8.79. The first-order valence-electron chi connectivity index (χ1n) is 6.27. The van der Waals surface area contributed by atoms with E-state index in [1.54, 1.807) is 30.3 Å². The van der Waals surface area contributed by atoms with Gasteiger partial charge in [-0.1, -0.05) is 18.2 Å². The fourth-order valence-corrected chi connectivity index (χ4v) is 3.35. The van der Waals surface area contributed by atoms with Crippen molar-refractivity contribution in [2.24, 2.45) is 0 Å². The van der Waals surface area contributed by atoms with E-state index in [4.69, 9.17) is 4.74 Å². The molecule has 2 rings (SSSR count).